The van der Waals surface area contributed by atoms with Gasteiger partial charge >= 0.3 is 0 Å². The van der Waals surface area contributed by atoms with Crippen LogP contribution in [0.2, 0.25) is 0 Å². The van der Waals surface area contributed by atoms with Gasteiger partial charge in [0.05, 0.1) is 11.5 Å². The fourth-order valence-electron chi connectivity index (χ4n) is 1.76. The van der Waals surface area contributed by atoms with Crippen molar-refractivity contribution < 1.29 is 0 Å². The zero-order valence-corrected chi connectivity index (χ0v) is 10.1. The average Bonchev–Trinajstić information content (AvgIpc) is 2.80. The number of anilines is 1. The van der Waals surface area contributed by atoms with Crippen LogP contribution in [0.15, 0.2) is 60.7 Å². The van der Waals surface area contributed by atoms with Gasteiger partial charge in [0, 0.05) is 4.70 Å². The van der Waals surface area contributed by atoms with Crippen LogP contribution >= 0.6 is 11.3 Å². The van der Waals surface area contributed by atoms with Crippen LogP contribution in [0.1, 0.15) is 5.56 Å². The first kappa shape index (κ1) is 10.4. The van der Waals surface area contributed by atoms with Crippen molar-refractivity contribution in [3.05, 3.63) is 72.8 Å². The molecule has 1 N–H and O–H groups in total. The second-order valence-corrected chi connectivity index (χ2v) is 4.93. The largest absolute Gasteiger partial charge is 0.368 e. The molecular weight excluding hydrogens is 226 g/mol. The highest BCUT2D eigenvalue weighted by atomic mass is 32.1. The van der Waals surface area contributed by atoms with E-state index < -0.39 is 0 Å². The molecule has 0 unspecified atom stereocenters. The minimum atomic E-state index is 1.18. The highest BCUT2D eigenvalue weighted by molar-refractivity contribution is 7.22. The molecule has 0 aliphatic heterocycles. The number of nitrogens with one attached hydrogen (secondary N) is 1. The van der Waals surface area contributed by atoms with Crippen molar-refractivity contribution >= 4 is 26.4 Å². The lowest BCUT2D eigenvalue weighted by atomic mass is 10.2. The summed E-state index contributed by atoms with van der Waals surface area (Å²) in [5.74, 6) is 0. The standard InChI is InChI=1S/C15H12NS/c1-2-6-12(7-3-1)11-16-15-10-13-8-4-5-9-14(13)17-15/h1-11,16H. The highest BCUT2D eigenvalue weighted by Gasteiger charge is 2.00. The molecule has 2 heteroatoms. The van der Waals surface area contributed by atoms with Crippen molar-refractivity contribution in [3.63, 3.8) is 0 Å². The monoisotopic (exact) mass is 238 g/mol. The third-order valence-electron chi connectivity index (χ3n) is 2.61. The molecule has 1 aromatic heterocycles. The van der Waals surface area contributed by atoms with E-state index in [1.807, 2.05) is 24.7 Å². The summed E-state index contributed by atoms with van der Waals surface area (Å²) in [6.45, 7) is 2.03. The molecule has 1 radical (unpaired) electrons. The first-order valence-electron chi connectivity index (χ1n) is 5.55. The Morgan fingerprint density at radius 1 is 0.882 bits per heavy atom. The number of hydrogen-bond donors (Lipinski definition) is 1. The van der Waals surface area contributed by atoms with E-state index in [2.05, 4.69) is 47.8 Å². The van der Waals surface area contributed by atoms with Crippen LogP contribution in [0.25, 0.3) is 10.1 Å². The van der Waals surface area contributed by atoms with E-state index in [-0.39, 0.29) is 0 Å². The number of hydrogen-bond acceptors (Lipinski definition) is 2. The molecule has 0 saturated heterocycles. The maximum Gasteiger partial charge on any atom is 0.0900 e. The Morgan fingerprint density at radius 2 is 1.65 bits per heavy atom. The Labute approximate surface area is 105 Å². The van der Waals surface area contributed by atoms with Gasteiger partial charge in [-0.05, 0) is 23.1 Å². The number of fused-ring (bicyclic) bond motifs is 1. The first-order chi connectivity index (χ1) is 8.42. The summed E-state index contributed by atoms with van der Waals surface area (Å²) in [6, 6.07) is 20.9. The molecule has 17 heavy (non-hydrogen) atoms. The number of thiophene rings is 1. The van der Waals surface area contributed by atoms with Gasteiger partial charge < -0.3 is 5.32 Å². The van der Waals surface area contributed by atoms with Crippen molar-refractivity contribution in [2.75, 3.05) is 5.32 Å². The summed E-state index contributed by atoms with van der Waals surface area (Å²) in [5, 5.41) is 5.81. The van der Waals surface area contributed by atoms with Gasteiger partial charge in [-0.3, -0.25) is 0 Å². The van der Waals surface area contributed by atoms with Crippen LogP contribution in [-0.4, -0.2) is 0 Å². The summed E-state index contributed by atoms with van der Waals surface area (Å²) in [4.78, 5) is 0. The Bertz CT molecular complexity index is 580. The van der Waals surface area contributed by atoms with Gasteiger partial charge in [0.15, 0.2) is 0 Å². The smallest absolute Gasteiger partial charge is 0.0900 e. The third-order valence-corrected chi connectivity index (χ3v) is 3.65. The zero-order valence-electron chi connectivity index (χ0n) is 9.26. The average molecular weight is 238 g/mol. The Hall–Kier alpha value is -1.80. The normalized spacial score (nSPS) is 10.6. The topological polar surface area (TPSA) is 12.0 Å². The van der Waals surface area contributed by atoms with E-state index in [1.165, 1.54) is 20.7 Å². The molecule has 3 aromatic rings. The van der Waals surface area contributed by atoms with Crippen LogP contribution in [0.5, 0.6) is 0 Å². The van der Waals surface area contributed by atoms with E-state index in [0.29, 0.717) is 0 Å². The molecule has 0 atom stereocenters. The molecule has 1 heterocycles. The third kappa shape index (κ3) is 2.32. The maximum absolute atomic E-state index is 3.34. The van der Waals surface area contributed by atoms with E-state index in [1.54, 1.807) is 11.3 Å². The van der Waals surface area contributed by atoms with E-state index in [0.717, 1.165) is 0 Å². The molecule has 0 saturated carbocycles. The van der Waals surface area contributed by atoms with Crippen molar-refractivity contribution in [1.29, 1.82) is 0 Å². The lowest BCUT2D eigenvalue weighted by Crippen LogP contribution is -1.93. The van der Waals surface area contributed by atoms with Gasteiger partial charge in [-0.1, -0.05) is 48.5 Å². The second kappa shape index (κ2) is 4.60. The SMILES string of the molecule is [CH](Nc1cc2ccccc2s1)c1ccccc1. The maximum atomic E-state index is 3.34. The molecule has 1 nitrogen and oxygen atoms in total. The molecule has 0 fully saturated rings. The van der Waals surface area contributed by atoms with Gasteiger partial charge in [-0.2, -0.15) is 0 Å². The molecule has 3 rings (SSSR count). The van der Waals surface area contributed by atoms with Gasteiger partial charge in [0.2, 0.25) is 0 Å². The predicted octanol–water partition coefficient (Wildman–Crippen LogP) is 4.52. The van der Waals surface area contributed by atoms with Crippen LogP contribution in [-0.2, 0) is 0 Å². The Kier molecular flexibility index (Phi) is 2.80. The molecule has 2 aromatic carbocycles. The fraction of sp³-hybridized carbons (Fsp3) is 0. The van der Waals surface area contributed by atoms with Gasteiger partial charge in [-0.25, -0.2) is 0 Å². The van der Waals surface area contributed by atoms with Gasteiger partial charge in [-0.15, -0.1) is 11.3 Å². The second-order valence-electron chi connectivity index (χ2n) is 3.85. The molecule has 0 spiro atoms. The van der Waals surface area contributed by atoms with E-state index in [4.69, 9.17) is 0 Å². The summed E-state index contributed by atoms with van der Waals surface area (Å²) in [6.07, 6.45) is 0. The van der Waals surface area contributed by atoms with Gasteiger partial charge in [0.25, 0.3) is 0 Å². The first-order valence-corrected chi connectivity index (χ1v) is 6.37. The van der Waals surface area contributed by atoms with Crippen molar-refractivity contribution in [3.8, 4) is 0 Å². The van der Waals surface area contributed by atoms with Crippen molar-refractivity contribution in [2.45, 2.75) is 0 Å². The van der Waals surface area contributed by atoms with Crippen molar-refractivity contribution in [2.24, 2.45) is 0 Å². The highest BCUT2D eigenvalue weighted by Crippen LogP contribution is 2.29. The molecular formula is C15H12NS. The lowest BCUT2D eigenvalue weighted by molar-refractivity contribution is 1.43. The Morgan fingerprint density at radius 3 is 2.47 bits per heavy atom. The molecule has 0 aliphatic rings. The number of benzene rings is 2. The van der Waals surface area contributed by atoms with E-state index in [9.17, 15) is 0 Å². The van der Waals surface area contributed by atoms with Crippen LogP contribution in [0.4, 0.5) is 5.00 Å². The van der Waals surface area contributed by atoms with Crippen molar-refractivity contribution in [1.82, 2.24) is 0 Å². The van der Waals surface area contributed by atoms with E-state index >= 15 is 0 Å². The summed E-state index contributed by atoms with van der Waals surface area (Å²) in [7, 11) is 0. The quantitative estimate of drug-likeness (QED) is 0.707. The molecule has 0 bridgehead atoms. The minimum absolute atomic E-state index is 1.18. The molecule has 0 amide bonds. The van der Waals surface area contributed by atoms with Crippen LogP contribution in [0.3, 0.4) is 0 Å². The summed E-state index contributed by atoms with van der Waals surface area (Å²) in [5.41, 5.74) is 1.19. The predicted molar refractivity (Wildman–Crippen MR) is 75.3 cm³/mol. The number of rotatable bonds is 3. The summed E-state index contributed by atoms with van der Waals surface area (Å²) >= 11 is 1.77. The Balaban J connectivity index is 1.77. The molecule has 0 aliphatic carbocycles. The molecule has 83 valence electrons. The summed E-state index contributed by atoms with van der Waals surface area (Å²) < 4.78 is 1.32. The van der Waals surface area contributed by atoms with Crippen LogP contribution < -0.4 is 5.32 Å². The van der Waals surface area contributed by atoms with Crippen LogP contribution in [0, 0.1) is 6.54 Å². The fourth-order valence-corrected chi connectivity index (χ4v) is 2.69. The van der Waals surface area contributed by atoms with Gasteiger partial charge in [0.1, 0.15) is 0 Å². The lowest BCUT2D eigenvalue weighted by Gasteiger charge is -2.01. The minimum Gasteiger partial charge on any atom is -0.368 e. The zero-order chi connectivity index (χ0) is 11.5.